The number of rotatable bonds is 6. The van der Waals surface area contributed by atoms with E-state index in [-0.39, 0.29) is 5.57 Å². The van der Waals surface area contributed by atoms with Gasteiger partial charge in [-0.15, -0.1) is 11.8 Å². The van der Waals surface area contributed by atoms with Crippen molar-refractivity contribution in [3.63, 3.8) is 0 Å². The lowest BCUT2D eigenvalue weighted by Gasteiger charge is -2.33. The first-order valence-corrected chi connectivity index (χ1v) is 9.24. The summed E-state index contributed by atoms with van der Waals surface area (Å²) in [4.78, 5) is 16.3. The van der Waals surface area contributed by atoms with Crippen LogP contribution in [0.4, 0.5) is 0 Å². The highest BCUT2D eigenvalue weighted by atomic mass is 32.2. The fourth-order valence-electron chi connectivity index (χ4n) is 2.61. The zero-order valence-electron chi connectivity index (χ0n) is 14.4. The number of carbonyl (C=O) groups is 1. The van der Waals surface area contributed by atoms with Crippen LogP contribution in [-0.2, 0) is 9.53 Å². The minimum atomic E-state index is -0.650. The van der Waals surface area contributed by atoms with Crippen LogP contribution in [0.1, 0.15) is 25.8 Å². The maximum absolute atomic E-state index is 12.2. The molecule has 1 aliphatic rings. The van der Waals surface area contributed by atoms with E-state index in [1.165, 1.54) is 11.8 Å². The summed E-state index contributed by atoms with van der Waals surface area (Å²) in [6, 6.07) is 5.74. The summed E-state index contributed by atoms with van der Waals surface area (Å²) >= 11 is 1.52. The van der Waals surface area contributed by atoms with Crippen molar-refractivity contribution in [2.75, 3.05) is 12.9 Å². The van der Waals surface area contributed by atoms with Crippen LogP contribution in [0.25, 0.3) is 10.9 Å². The number of nitrogens with zero attached hydrogens (tertiary/aromatic N) is 2. The van der Waals surface area contributed by atoms with Gasteiger partial charge in [-0.3, -0.25) is 9.89 Å². The third-order valence-corrected chi connectivity index (χ3v) is 4.93. The number of nitrogens with one attached hydrogen (secondary N) is 2. The van der Waals surface area contributed by atoms with E-state index in [1.54, 1.807) is 6.20 Å². The average molecular weight is 359 g/mol. The Labute approximate surface area is 150 Å². The molecule has 0 spiro atoms. The molecule has 1 aliphatic heterocycles. The number of nitrogens with two attached hydrogens (primary N) is 1. The number of aromatic nitrogens is 2. The third kappa shape index (κ3) is 3.34. The molecule has 1 amide bonds. The molecule has 2 aromatic rings. The van der Waals surface area contributed by atoms with Crippen LogP contribution in [0.15, 0.2) is 40.8 Å². The number of hydrogen-bond acceptors (Lipinski definition) is 6. The number of benzene rings is 1. The monoisotopic (exact) mass is 359 g/mol. The van der Waals surface area contributed by atoms with Gasteiger partial charge in [-0.25, -0.2) is 4.99 Å². The fourth-order valence-corrected chi connectivity index (χ4v) is 2.99. The molecule has 7 nitrogen and oxygen atoms in total. The number of thioether (sulfide) groups is 1. The summed E-state index contributed by atoms with van der Waals surface area (Å²) < 4.78 is 5.78. The van der Waals surface area contributed by atoms with Gasteiger partial charge in [-0.05, 0) is 31.7 Å². The topological polar surface area (TPSA) is 105 Å². The Balaban J connectivity index is 2.16. The lowest BCUT2D eigenvalue weighted by Crippen LogP contribution is -2.45. The number of H-pyrrole nitrogens is 1. The average Bonchev–Trinajstić information content (AvgIpc) is 3.06. The number of amides is 1. The number of aromatic amines is 1. The van der Waals surface area contributed by atoms with E-state index in [0.29, 0.717) is 18.2 Å². The van der Waals surface area contributed by atoms with Crippen LogP contribution in [-0.4, -0.2) is 39.7 Å². The molecule has 0 fully saturated rings. The van der Waals surface area contributed by atoms with Gasteiger partial charge in [0.05, 0.1) is 24.0 Å². The van der Waals surface area contributed by atoms with Gasteiger partial charge in [0, 0.05) is 10.9 Å². The first kappa shape index (κ1) is 17.3. The summed E-state index contributed by atoms with van der Waals surface area (Å²) in [5.41, 5.74) is 8.16. The molecule has 4 N–H and O–H groups in total. The lowest BCUT2D eigenvalue weighted by molar-refractivity contribution is -0.114. The second-order valence-electron chi connectivity index (χ2n) is 5.86. The Hall–Kier alpha value is -2.48. The highest BCUT2D eigenvalue weighted by Gasteiger charge is 2.35. The Morgan fingerprint density at radius 1 is 1.44 bits per heavy atom. The Bertz CT molecular complexity index is 873. The number of aliphatic imine (C=N–C) groups is 1. The van der Waals surface area contributed by atoms with Crippen molar-refractivity contribution >= 4 is 34.3 Å². The SMILES string of the molecule is CCCOC1=C(C(N)=O)C(c2ccc3[nH]ncc3c2)=NC(C)(SC)N1. The summed E-state index contributed by atoms with van der Waals surface area (Å²) in [6.45, 7) is 4.42. The van der Waals surface area contributed by atoms with Crippen LogP contribution in [0, 0.1) is 0 Å². The summed E-state index contributed by atoms with van der Waals surface area (Å²) in [6.07, 6.45) is 4.50. The maximum Gasteiger partial charge on any atom is 0.256 e. The standard InChI is InChI=1S/C17H21N5O2S/c1-4-7-24-16-13(15(18)23)14(20-17(2,21-16)25-3)10-5-6-12-11(8-10)9-19-22-12/h5-6,8-9,21H,4,7H2,1-3H3,(H2,18,23)(H,19,22). The molecule has 1 unspecified atom stereocenters. The van der Waals surface area contributed by atoms with E-state index in [4.69, 9.17) is 15.5 Å². The second-order valence-corrected chi connectivity index (χ2v) is 7.06. The molecule has 0 saturated heterocycles. The van der Waals surface area contributed by atoms with Crippen molar-refractivity contribution < 1.29 is 9.53 Å². The highest BCUT2D eigenvalue weighted by molar-refractivity contribution is 7.99. The molecule has 1 aromatic heterocycles. The first-order valence-electron chi connectivity index (χ1n) is 8.01. The molecule has 0 saturated carbocycles. The summed E-state index contributed by atoms with van der Waals surface area (Å²) in [5.74, 6) is -0.198. The molecule has 1 aromatic carbocycles. The Morgan fingerprint density at radius 3 is 2.92 bits per heavy atom. The van der Waals surface area contributed by atoms with Crippen molar-refractivity contribution in [1.82, 2.24) is 15.5 Å². The van der Waals surface area contributed by atoms with Gasteiger partial charge in [-0.2, -0.15) is 5.10 Å². The molecule has 132 valence electrons. The maximum atomic E-state index is 12.2. The van der Waals surface area contributed by atoms with Crippen LogP contribution in [0.2, 0.25) is 0 Å². The van der Waals surface area contributed by atoms with Crippen molar-refractivity contribution in [3.05, 3.63) is 41.4 Å². The van der Waals surface area contributed by atoms with Gasteiger partial charge in [0.1, 0.15) is 5.57 Å². The number of carbonyl (C=O) groups excluding carboxylic acids is 1. The van der Waals surface area contributed by atoms with Crippen LogP contribution >= 0.6 is 11.8 Å². The van der Waals surface area contributed by atoms with Crippen LogP contribution in [0.5, 0.6) is 0 Å². The van der Waals surface area contributed by atoms with Gasteiger partial charge in [0.2, 0.25) is 5.88 Å². The molecule has 0 radical (unpaired) electrons. The highest BCUT2D eigenvalue weighted by Crippen LogP contribution is 2.31. The van der Waals surface area contributed by atoms with E-state index in [2.05, 4.69) is 15.5 Å². The second kappa shape index (κ2) is 6.79. The van der Waals surface area contributed by atoms with Gasteiger partial charge in [-0.1, -0.05) is 13.0 Å². The molecule has 25 heavy (non-hydrogen) atoms. The number of ether oxygens (including phenoxy) is 1. The molecule has 0 aliphatic carbocycles. The quantitative estimate of drug-likeness (QED) is 0.732. The number of primary amides is 1. The molecule has 8 heteroatoms. The van der Waals surface area contributed by atoms with E-state index >= 15 is 0 Å². The predicted molar refractivity (Wildman–Crippen MR) is 100 cm³/mol. The Morgan fingerprint density at radius 2 is 2.24 bits per heavy atom. The molecule has 0 bridgehead atoms. The molecule has 3 rings (SSSR count). The first-order chi connectivity index (χ1) is 12.0. The minimum Gasteiger partial charge on any atom is -0.479 e. The van der Waals surface area contributed by atoms with E-state index in [9.17, 15) is 4.79 Å². The minimum absolute atomic E-state index is 0.266. The van der Waals surface area contributed by atoms with E-state index in [1.807, 2.05) is 38.3 Å². The van der Waals surface area contributed by atoms with Crippen molar-refractivity contribution in [3.8, 4) is 0 Å². The normalized spacial score (nSPS) is 20.4. The van der Waals surface area contributed by atoms with Gasteiger partial charge in [0.15, 0.2) is 4.99 Å². The van der Waals surface area contributed by atoms with Crippen LogP contribution in [0.3, 0.4) is 0 Å². The van der Waals surface area contributed by atoms with E-state index in [0.717, 1.165) is 22.9 Å². The molecule has 2 heterocycles. The lowest BCUT2D eigenvalue weighted by atomic mass is 9.99. The van der Waals surface area contributed by atoms with Crippen molar-refractivity contribution in [1.29, 1.82) is 0 Å². The molecular formula is C17H21N5O2S. The number of hydrogen-bond donors (Lipinski definition) is 3. The summed E-state index contributed by atoms with van der Waals surface area (Å²) in [5, 5.41) is 11.1. The fraction of sp³-hybridized carbons (Fsp3) is 0.353. The zero-order valence-corrected chi connectivity index (χ0v) is 15.2. The van der Waals surface area contributed by atoms with Gasteiger partial charge < -0.3 is 15.8 Å². The van der Waals surface area contributed by atoms with Crippen molar-refractivity contribution in [2.45, 2.75) is 25.3 Å². The third-order valence-electron chi connectivity index (χ3n) is 3.94. The largest absolute Gasteiger partial charge is 0.479 e. The number of fused-ring (bicyclic) bond motifs is 1. The Kier molecular flexibility index (Phi) is 4.71. The molecular weight excluding hydrogens is 338 g/mol. The van der Waals surface area contributed by atoms with Crippen molar-refractivity contribution in [2.24, 2.45) is 10.7 Å². The van der Waals surface area contributed by atoms with E-state index < -0.39 is 10.9 Å². The van der Waals surface area contributed by atoms with Gasteiger partial charge >= 0.3 is 0 Å². The predicted octanol–water partition coefficient (Wildman–Crippen LogP) is 2.12. The smallest absolute Gasteiger partial charge is 0.256 e. The zero-order chi connectivity index (χ0) is 18.0. The van der Waals surface area contributed by atoms with Gasteiger partial charge in [0.25, 0.3) is 5.91 Å². The summed E-state index contributed by atoms with van der Waals surface area (Å²) in [7, 11) is 0. The van der Waals surface area contributed by atoms with Crippen LogP contribution < -0.4 is 11.1 Å². The molecule has 1 atom stereocenters.